The molecule has 0 bridgehead atoms. The molecule has 0 aromatic heterocycles. The SMILES string of the molecule is Clc1c(Br)cc(Br)cc1I. The van der Waals surface area contributed by atoms with Gasteiger partial charge in [-0.25, -0.2) is 0 Å². The van der Waals surface area contributed by atoms with Crippen molar-refractivity contribution in [2.45, 2.75) is 0 Å². The third-order valence-corrected chi connectivity index (χ3v) is 3.84. The summed E-state index contributed by atoms with van der Waals surface area (Å²) in [4.78, 5) is 0. The average Bonchev–Trinajstić information content (AvgIpc) is 1.82. The predicted octanol–water partition coefficient (Wildman–Crippen LogP) is 4.47. The van der Waals surface area contributed by atoms with E-state index in [1.54, 1.807) is 0 Å². The van der Waals surface area contributed by atoms with E-state index in [2.05, 4.69) is 54.5 Å². The number of hydrogen-bond donors (Lipinski definition) is 0. The van der Waals surface area contributed by atoms with E-state index in [-0.39, 0.29) is 0 Å². The molecule has 1 aromatic carbocycles. The van der Waals surface area contributed by atoms with E-state index in [0.717, 1.165) is 17.5 Å². The lowest BCUT2D eigenvalue weighted by Crippen LogP contribution is -1.75. The molecule has 0 atom stereocenters. The summed E-state index contributed by atoms with van der Waals surface area (Å²) in [6.07, 6.45) is 0. The zero-order valence-corrected chi connectivity index (χ0v) is 10.8. The minimum Gasteiger partial charge on any atom is -0.0819 e. The van der Waals surface area contributed by atoms with Gasteiger partial charge in [-0.1, -0.05) is 27.5 Å². The van der Waals surface area contributed by atoms with E-state index in [0.29, 0.717) is 0 Å². The monoisotopic (exact) mass is 394 g/mol. The Hall–Kier alpha value is 1.20. The van der Waals surface area contributed by atoms with Crippen molar-refractivity contribution in [2.24, 2.45) is 0 Å². The first-order valence-corrected chi connectivity index (χ1v) is 5.45. The molecule has 0 radical (unpaired) electrons. The summed E-state index contributed by atoms with van der Waals surface area (Å²) in [6, 6.07) is 3.89. The normalized spacial score (nSPS) is 10.0. The van der Waals surface area contributed by atoms with Crippen molar-refractivity contribution in [1.82, 2.24) is 0 Å². The fourth-order valence-corrected chi connectivity index (χ4v) is 3.28. The quantitative estimate of drug-likeness (QED) is 0.345. The van der Waals surface area contributed by atoms with Gasteiger partial charge in [-0.15, -0.1) is 0 Å². The summed E-state index contributed by atoms with van der Waals surface area (Å²) >= 11 is 14.7. The number of halogens is 4. The van der Waals surface area contributed by atoms with Crippen LogP contribution in [0.1, 0.15) is 0 Å². The Morgan fingerprint density at radius 2 is 1.90 bits per heavy atom. The molecule has 0 amide bonds. The number of benzene rings is 1. The molecule has 0 aliphatic heterocycles. The van der Waals surface area contributed by atoms with E-state index in [9.17, 15) is 0 Å². The Labute approximate surface area is 94.7 Å². The van der Waals surface area contributed by atoms with Crippen LogP contribution in [0.3, 0.4) is 0 Å². The van der Waals surface area contributed by atoms with Crippen LogP contribution in [0.5, 0.6) is 0 Å². The standard InChI is InChI=1S/C6H2Br2ClI/c7-3-1-4(8)6(9)5(10)2-3/h1-2H. The van der Waals surface area contributed by atoms with Crippen molar-refractivity contribution in [3.05, 3.63) is 29.7 Å². The van der Waals surface area contributed by atoms with Crippen LogP contribution in [0.25, 0.3) is 0 Å². The van der Waals surface area contributed by atoms with E-state index in [4.69, 9.17) is 11.6 Å². The fourth-order valence-electron chi connectivity index (χ4n) is 0.525. The first-order valence-electron chi connectivity index (χ1n) is 2.41. The van der Waals surface area contributed by atoms with Crippen LogP contribution in [0.4, 0.5) is 0 Å². The van der Waals surface area contributed by atoms with Crippen LogP contribution in [0.15, 0.2) is 21.1 Å². The molecular formula is C6H2Br2ClI. The van der Waals surface area contributed by atoms with Gasteiger partial charge in [-0.2, -0.15) is 0 Å². The van der Waals surface area contributed by atoms with Crippen molar-refractivity contribution in [3.8, 4) is 0 Å². The van der Waals surface area contributed by atoms with Gasteiger partial charge in [-0.3, -0.25) is 0 Å². The van der Waals surface area contributed by atoms with Gasteiger partial charge in [0.25, 0.3) is 0 Å². The Morgan fingerprint density at radius 3 is 2.40 bits per heavy atom. The van der Waals surface area contributed by atoms with Gasteiger partial charge in [0, 0.05) is 12.5 Å². The smallest absolute Gasteiger partial charge is 0.0682 e. The summed E-state index contributed by atoms with van der Waals surface area (Å²) < 4.78 is 3.00. The Balaban J connectivity index is 3.31. The van der Waals surface area contributed by atoms with Gasteiger partial charge in [0.05, 0.1) is 5.02 Å². The van der Waals surface area contributed by atoms with Crippen LogP contribution < -0.4 is 0 Å². The minimum atomic E-state index is 0.767. The summed E-state index contributed by atoms with van der Waals surface area (Å²) in [5.41, 5.74) is 0. The summed E-state index contributed by atoms with van der Waals surface area (Å²) in [5.74, 6) is 0. The molecule has 0 fully saturated rings. The molecule has 0 saturated carbocycles. The molecule has 0 aliphatic carbocycles. The number of rotatable bonds is 0. The van der Waals surface area contributed by atoms with Crippen LogP contribution in [-0.2, 0) is 0 Å². The molecule has 1 aromatic rings. The highest BCUT2D eigenvalue weighted by atomic mass is 127. The van der Waals surface area contributed by atoms with E-state index in [1.807, 2.05) is 12.1 Å². The van der Waals surface area contributed by atoms with Gasteiger partial charge < -0.3 is 0 Å². The van der Waals surface area contributed by atoms with Crippen LogP contribution >= 0.6 is 66.1 Å². The molecule has 10 heavy (non-hydrogen) atoms. The maximum absolute atomic E-state index is 5.87. The van der Waals surface area contributed by atoms with E-state index < -0.39 is 0 Å². The Bertz CT molecular complexity index is 239. The molecule has 1 rings (SSSR count). The third kappa shape index (κ3) is 2.09. The molecule has 0 spiro atoms. The van der Waals surface area contributed by atoms with Crippen molar-refractivity contribution >= 4 is 66.1 Å². The topological polar surface area (TPSA) is 0 Å². The van der Waals surface area contributed by atoms with Crippen molar-refractivity contribution in [3.63, 3.8) is 0 Å². The van der Waals surface area contributed by atoms with Gasteiger partial charge >= 0.3 is 0 Å². The minimum absolute atomic E-state index is 0.767. The first kappa shape index (κ1) is 9.29. The van der Waals surface area contributed by atoms with Crippen LogP contribution in [-0.4, -0.2) is 0 Å². The van der Waals surface area contributed by atoms with Gasteiger partial charge in [-0.05, 0) is 50.7 Å². The fraction of sp³-hybridized carbons (Fsp3) is 0. The molecule has 54 valence electrons. The lowest BCUT2D eigenvalue weighted by molar-refractivity contribution is 1.55. The lowest BCUT2D eigenvalue weighted by Gasteiger charge is -1.98. The molecule has 0 N–H and O–H groups in total. The first-order chi connectivity index (χ1) is 4.61. The van der Waals surface area contributed by atoms with Crippen molar-refractivity contribution in [2.75, 3.05) is 0 Å². The molecule has 0 nitrogen and oxygen atoms in total. The van der Waals surface area contributed by atoms with Crippen LogP contribution in [0.2, 0.25) is 5.02 Å². The molecular weight excluding hydrogens is 394 g/mol. The van der Waals surface area contributed by atoms with Crippen LogP contribution in [0, 0.1) is 3.57 Å². The second kappa shape index (κ2) is 3.74. The maximum atomic E-state index is 5.87. The second-order valence-corrected chi connectivity index (χ2v) is 4.99. The predicted molar refractivity (Wildman–Crippen MR) is 59.6 cm³/mol. The highest BCUT2D eigenvalue weighted by Crippen LogP contribution is 2.30. The summed E-state index contributed by atoms with van der Waals surface area (Å²) in [7, 11) is 0. The van der Waals surface area contributed by atoms with Gasteiger partial charge in [0.1, 0.15) is 0 Å². The van der Waals surface area contributed by atoms with Gasteiger partial charge in [0.15, 0.2) is 0 Å². The summed E-state index contributed by atoms with van der Waals surface area (Å²) in [5, 5.41) is 0.767. The van der Waals surface area contributed by atoms with Crippen molar-refractivity contribution in [1.29, 1.82) is 0 Å². The molecule has 0 aliphatic rings. The molecule has 0 saturated heterocycles. The molecule has 4 heteroatoms. The highest BCUT2D eigenvalue weighted by Gasteiger charge is 2.02. The van der Waals surface area contributed by atoms with Gasteiger partial charge in [0.2, 0.25) is 0 Å². The third-order valence-electron chi connectivity index (χ3n) is 0.949. The zero-order valence-electron chi connectivity index (χ0n) is 4.67. The molecule has 0 unspecified atom stereocenters. The van der Waals surface area contributed by atoms with E-state index in [1.165, 1.54) is 0 Å². The van der Waals surface area contributed by atoms with Crippen molar-refractivity contribution < 1.29 is 0 Å². The second-order valence-electron chi connectivity index (χ2n) is 1.68. The Morgan fingerprint density at radius 1 is 1.30 bits per heavy atom. The molecule has 0 heterocycles. The number of hydrogen-bond acceptors (Lipinski definition) is 0. The Kier molecular flexibility index (Phi) is 3.47. The van der Waals surface area contributed by atoms with E-state index >= 15 is 0 Å². The largest absolute Gasteiger partial charge is 0.0819 e. The lowest BCUT2D eigenvalue weighted by atomic mass is 10.4. The zero-order chi connectivity index (χ0) is 7.72. The average molecular weight is 396 g/mol. The maximum Gasteiger partial charge on any atom is 0.0682 e. The summed E-state index contributed by atoms with van der Waals surface area (Å²) in [6.45, 7) is 0. The highest BCUT2D eigenvalue weighted by molar-refractivity contribution is 14.1.